The van der Waals surface area contributed by atoms with Crippen LogP contribution in [0.1, 0.15) is 31.1 Å². The summed E-state index contributed by atoms with van der Waals surface area (Å²) in [6.07, 6.45) is 6.30. The van der Waals surface area contributed by atoms with Crippen LogP contribution in [0.3, 0.4) is 0 Å². The quantitative estimate of drug-likeness (QED) is 0.538. The first kappa shape index (κ1) is 24.8. The van der Waals surface area contributed by atoms with Gasteiger partial charge in [0.25, 0.3) is 0 Å². The van der Waals surface area contributed by atoms with E-state index in [1.165, 1.54) is 0 Å². The zero-order valence-electron chi connectivity index (χ0n) is 20.8. The molecule has 2 aliphatic rings. The van der Waals surface area contributed by atoms with Crippen molar-refractivity contribution < 1.29 is 13.2 Å². The van der Waals surface area contributed by atoms with Crippen LogP contribution < -0.4 is 5.32 Å². The molecule has 5 rings (SSSR count). The monoisotopic (exact) mass is 511 g/mol. The number of nitrogens with one attached hydrogen (secondary N) is 1. The van der Waals surface area contributed by atoms with Gasteiger partial charge < -0.3 is 19.5 Å². The molecule has 3 aromatic rings. The molecule has 0 atom stereocenters. The highest BCUT2D eigenvalue weighted by atomic mass is 32.2. The third-order valence-electron chi connectivity index (χ3n) is 6.88. The van der Waals surface area contributed by atoms with Gasteiger partial charge in [0.15, 0.2) is 0 Å². The van der Waals surface area contributed by atoms with Gasteiger partial charge in [-0.05, 0) is 70.1 Å². The second-order valence-corrected chi connectivity index (χ2v) is 11.3. The molecule has 0 spiro atoms. The summed E-state index contributed by atoms with van der Waals surface area (Å²) in [6.45, 7) is 6.19. The number of sulfonamides is 1. The van der Waals surface area contributed by atoms with Crippen LogP contribution in [-0.2, 0) is 14.8 Å². The van der Waals surface area contributed by atoms with Crippen molar-refractivity contribution in [2.75, 3.05) is 51.8 Å². The Kier molecular flexibility index (Phi) is 7.33. The number of nitrogens with zero attached hydrogens (tertiary/aromatic N) is 6. The minimum absolute atomic E-state index is 0.295. The molecule has 1 N–H and O–H groups in total. The molecule has 0 unspecified atom stereocenters. The summed E-state index contributed by atoms with van der Waals surface area (Å²) in [7, 11) is -1.50. The first-order valence-electron chi connectivity index (χ1n) is 12.4. The van der Waals surface area contributed by atoms with Gasteiger partial charge in [-0.15, -0.1) is 0 Å². The molecule has 0 amide bonds. The van der Waals surface area contributed by atoms with E-state index in [2.05, 4.69) is 24.8 Å². The molecule has 0 bridgehead atoms. The Balaban J connectivity index is 1.32. The van der Waals surface area contributed by atoms with Crippen molar-refractivity contribution in [2.45, 2.75) is 37.1 Å². The lowest BCUT2D eigenvalue weighted by atomic mass is 10.1. The average molecular weight is 512 g/mol. The van der Waals surface area contributed by atoms with Crippen molar-refractivity contribution in [3.8, 4) is 11.4 Å². The van der Waals surface area contributed by atoms with E-state index >= 15 is 0 Å². The van der Waals surface area contributed by atoms with Crippen LogP contribution in [0.5, 0.6) is 0 Å². The molecule has 10 nitrogen and oxygen atoms in total. The number of ether oxygens (including phenoxy) is 1. The van der Waals surface area contributed by atoms with E-state index in [1.807, 2.05) is 26.2 Å². The normalized spacial score (nSPS) is 18.7. The van der Waals surface area contributed by atoms with Gasteiger partial charge >= 0.3 is 0 Å². The maximum atomic E-state index is 13.1. The molecule has 2 aliphatic heterocycles. The Labute approximate surface area is 212 Å². The number of aromatic nitrogens is 4. The highest BCUT2D eigenvalue weighted by Crippen LogP contribution is 2.30. The average Bonchev–Trinajstić information content (AvgIpc) is 3.13. The summed E-state index contributed by atoms with van der Waals surface area (Å²) in [6, 6.07) is 9.00. The van der Waals surface area contributed by atoms with Gasteiger partial charge in [-0.25, -0.2) is 23.4 Å². The Hall–Kier alpha value is -2.86. The van der Waals surface area contributed by atoms with Crippen LogP contribution in [0.4, 0.5) is 11.6 Å². The standard InChI is InChI=1S/C25H33N7O3S/c1-19-27-18-24(32(19)21-9-16-35-17-10-21)23-8-11-26-25(29-23)28-20-4-6-22(7-5-20)36(33,34)31-13-3-12-30(2)14-15-31/h4-8,11,18,21H,3,9-10,12-17H2,1-2H3,(H,26,28,29). The maximum Gasteiger partial charge on any atom is 0.243 e. The van der Waals surface area contributed by atoms with Crippen molar-refractivity contribution in [1.29, 1.82) is 0 Å². The summed E-state index contributed by atoms with van der Waals surface area (Å²) < 4.78 is 35.6. The number of likely N-dealkylation sites (N-methyl/N-ethyl adjacent to an activating group) is 1. The van der Waals surface area contributed by atoms with Gasteiger partial charge in [-0.1, -0.05) is 0 Å². The van der Waals surface area contributed by atoms with E-state index in [1.54, 1.807) is 34.8 Å². The number of benzene rings is 1. The first-order valence-corrected chi connectivity index (χ1v) is 13.9. The molecule has 2 aromatic heterocycles. The largest absolute Gasteiger partial charge is 0.381 e. The smallest absolute Gasteiger partial charge is 0.243 e. The number of hydrogen-bond acceptors (Lipinski definition) is 8. The van der Waals surface area contributed by atoms with Gasteiger partial charge in [-0.3, -0.25) is 0 Å². The number of aryl methyl sites for hydroxylation is 1. The number of rotatable bonds is 6. The molecule has 2 saturated heterocycles. The number of imidazole rings is 1. The molecule has 0 aliphatic carbocycles. The Morgan fingerprint density at radius 3 is 2.56 bits per heavy atom. The van der Waals surface area contributed by atoms with E-state index in [9.17, 15) is 8.42 Å². The van der Waals surface area contributed by atoms with Gasteiger partial charge in [0, 0.05) is 50.8 Å². The fourth-order valence-corrected chi connectivity index (χ4v) is 6.33. The maximum absolute atomic E-state index is 13.1. The SMILES string of the molecule is Cc1ncc(-c2ccnc(Nc3ccc(S(=O)(=O)N4CCCN(C)CC4)cc3)n2)n1C1CCOCC1. The fraction of sp³-hybridized carbons (Fsp3) is 0.480. The van der Waals surface area contributed by atoms with E-state index in [4.69, 9.17) is 9.72 Å². The molecular weight excluding hydrogens is 478 g/mol. The van der Waals surface area contributed by atoms with Crippen LogP contribution in [0, 0.1) is 6.92 Å². The summed E-state index contributed by atoms with van der Waals surface area (Å²) in [4.78, 5) is 16.1. The summed E-state index contributed by atoms with van der Waals surface area (Å²) in [5, 5.41) is 3.21. The number of hydrogen-bond donors (Lipinski definition) is 1. The minimum atomic E-state index is -3.53. The molecule has 1 aromatic carbocycles. The fourth-order valence-electron chi connectivity index (χ4n) is 4.86. The topological polar surface area (TPSA) is 105 Å². The van der Waals surface area contributed by atoms with Crippen molar-refractivity contribution in [2.24, 2.45) is 0 Å². The summed E-state index contributed by atoms with van der Waals surface area (Å²) >= 11 is 0. The lowest BCUT2D eigenvalue weighted by Crippen LogP contribution is -2.34. The molecule has 36 heavy (non-hydrogen) atoms. The lowest BCUT2D eigenvalue weighted by molar-refractivity contribution is 0.0694. The third kappa shape index (κ3) is 5.29. The van der Waals surface area contributed by atoms with Gasteiger partial charge in [0.1, 0.15) is 5.82 Å². The van der Waals surface area contributed by atoms with Crippen LogP contribution in [-0.4, -0.2) is 83.6 Å². The number of anilines is 2. The molecule has 192 valence electrons. The predicted octanol–water partition coefficient (Wildman–Crippen LogP) is 3.07. The zero-order chi connectivity index (χ0) is 25.1. The second-order valence-electron chi connectivity index (χ2n) is 9.38. The Morgan fingerprint density at radius 2 is 1.78 bits per heavy atom. The Bertz CT molecular complexity index is 1290. The van der Waals surface area contributed by atoms with Gasteiger partial charge in [-0.2, -0.15) is 4.31 Å². The van der Waals surface area contributed by atoms with Crippen molar-refractivity contribution in [3.63, 3.8) is 0 Å². The van der Waals surface area contributed by atoms with Crippen LogP contribution in [0.25, 0.3) is 11.4 Å². The minimum Gasteiger partial charge on any atom is -0.381 e. The van der Waals surface area contributed by atoms with Crippen LogP contribution in [0.2, 0.25) is 0 Å². The molecule has 2 fully saturated rings. The molecular formula is C25H33N7O3S. The van der Waals surface area contributed by atoms with Gasteiger partial charge in [0.05, 0.1) is 22.5 Å². The molecule has 4 heterocycles. The Morgan fingerprint density at radius 1 is 1.00 bits per heavy atom. The van der Waals surface area contributed by atoms with E-state index < -0.39 is 10.0 Å². The first-order chi connectivity index (χ1) is 17.4. The summed E-state index contributed by atoms with van der Waals surface area (Å²) in [5.74, 6) is 1.40. The zero-order valence-corrected chi connectivity index (χ0v) is 21.6. The van der Waals surface area contributed by atoms with E-state index in [-0.39, 0.29) is 0 Å². The highest BCUT2D eigenvalue weighted by Gasteiger charge is 2.26. The van der Waals surface area contributed by atoms with Crippen molar-refractivity contribution in [1.82, 2.24) is 28.7 Å². The van der Waals surface area contributed by atoms with E-state index in [0.29, 0.717) is 30.0 Å². The van der Waals surface area contributed by atoms with Crippen molar-refractivity contribution >= 4 is 21.7 Å². The predicted molar refractivity (Wildman–Crippen MR) is 138 cm³/mol. The third-order valence-corrected chi connectivity index (χ3v) is 8.80. The molecule has 0 radical (unpaired) electrons. The summed E-state index contributed by atoms with van der Waals surface area (Å²) in [5.41, 5.74) is 2.45. The van der Waals surface area contributed by atoms with Gasteiger partial charge in [0.2, 0.25) is 16.0 Å². The van der Waals surface area contributed by atoms with Crippen LogP contribution in [0.15, 0.2) is 47.6 Å². The van der Waals surface area contributed by atoms with E-state index in [0.717, 1.165) is 68.5 Å². The van der Waals surface area contributed by atoms with Crippen LogP contribution >= 0.6 is 0 Å². The highest BCUT2D eigenvalue weighted by molar-refractivity contribution is 7.89. The second kappa shape index (κ2) is 10.6. The molecule has 11 heteroatoms. The lowest BCUT2D eigenvalue weighted by Gasteiger charge is -2.26. The van der Waals surface area contributed by atoms with Crippen molar-refractivity contribution in [3.05, 3.63) is 48.5 Å². The molecule has 0 saturated carbocycles.